The molecule has 1 radical (unpaired) electrons. The third kappa shape index (κ3) is 2.40. The first-order chi connectivity index (χ1) is 8.85. The third-order valence-corrected chi connectivity index (χ3v) is 4.06. The van der Waals surface area contributed by atoms with Gasteiger partial charge in [0, 0.05) is 30.9 Å². The van der Waals surface area contributed by atoms with Crippen LogP contribution in [0.15, 0.2) is 24.3 Å². The van der Waals surface area contributed by atoms with Crippen LogP contribution in [0.3, 0.4) is 0 Å². The summed E-state index contributed by atoms with van der Waals surface area (Å²) < 4.78 is 5.17. The van der Waals surface area contributed by atoms with Crippen LogP contribution in [0.2, 0.25) is 0 Å². The van der Waals surface area contributed by atoms with E-state index in [-0.39, 0.29) is 0 Å². The predicted molar refractivity (Wildman–Crippen MR) is 71.8 cm³/mol. The molecule has 1 aliphatic heterocycles. The number of ether oxygens (including phenoxy) is 1. The largest absolute Gasteiger partial charge is 0.497 e. The van der Waals surface area contributed by atoms with Crippen molar-refractivity contribution < 1.29 is 4.74 Å². The Morgan fingerprint density at radius 1 is 1.39 bits per heavy atom. The predicted octanol–water partition coefficient (Wildman–Crippen LogP) is 2.51. The Kier molecular flexibility index (Phi) is 3.30. The summed E-state index contributed by atoms with van der Waals surface area (Å²) in [6.45, 7) is 3.07. The van der Waals surface area contributed by atoms with Gasteiger partial charge in [0.2, 0.25) is 0 Å². The summed E-state index contributed by atoms with van der Waals surface area (Å²) in [6.07, 6.45) is 1.05. The molecule has 0 saturated heterocycles. The van der Waals surface area contributed by atoms with Crippen molar-refractivity contribution in [3.8, 4) is 5.75 Å². The van der Waals surface area contributed by atoms with E-state index in [4.69, 9.17) is 4.74 Å². The Hall–Kier alpha value is -1.39. The molecule has 3 nitrogen and oxygen atoms in total. The second kappa shape index (κ2) is 5.08. The van der Waals surface area contributed by atoms with Crippen LogP contribution in [0.5, 0.6) is 5.75 Å². The molecule has 0 atom stereocenters. The molecule has 0 aliphatic carbocycles. The van der Waals surface area contributed by atoms with Gasteiger partial charge in [-0.15, -0.1) is 11.3 Å². The summed E-state index contributed by atoms with van der Waals surface area (Å²) in [5.41, 5.74) is 5.56. The van der Waals surface area contributed by atoms with E-state index >= 15 is 0 Å². The highest BCUT2D eigenvalue weighted by Crippen LogP contribution is 2.23. The van der Waals surface area contributed by atoms with E-state index in [2.05, 4.69) is 27.5 Å². The van der Waals surface area contributed by atoms with Crippen molar-refractivity contribution in [3.63, 3.8) is 0 Å². The van der Waals surface area contributed by atoms with Crippen LogP contribution >= 0.6 is 11.3 Å². The van der Waals surface area contributed by atoms with E-state index in [9.17, 15) is 0 Å². The fraction of sp³-hybridized carbons (Fsp3) is 0.357. The summed E-state index contributed by atoms with van der Waals surface area (Å²) in [6, 6.07) is 8.30. The molecule has 93 valence electrons. The molecule has 2 heterocycles. The average Bonchev–Trinajstić information content (AvgIpc) is 2.87. The molecule has 1 aliphatic rings. The molecule has 1 aromatic carbocycles. The molecule has 0 spiro atoms. The van der Waals surface area contributed by atoms with Gasteiger partial charge in [0.05, 0.1) is 12.8 Å². The highest BCUT2D eigenvalue weighted by Gasteiger charge is 2.18. The van der Waals surface area contributed by atoms with Gasteiger partial charge in [-0.25, -0.2) is 4.98 Å². The van der Waals surface area contributed by atoms with E-state index in [0.717, 1.165) is 31.8 Å². The topological polar surface area (TPSA) is 25.4 Å². The Morgan fingerprint density at radius 3 is 3.00 bits per heavy atom. The summed E-state index contributed by atoms with van der Waals surface area (Å²) in [7, 11) is 1.70. The Morgan fingerprint density at radius 2 is 2.22 bits per heavy atom. The molecule has 0 amide bonds. The lowest BCUT2D eigenvalue weighted by molar-refractivity contribution is 0.247. The number of benzene rings is 1. The maximum Gasteiger partial charge on any atom is 0.152 e. The van der Waals surface area contributed by atoms with Crippen LogP contribution in [0.1, 0.15) is 16.1 Å². The molecule has 0 N–H and O–H groups in total. The molecular weight excluding hydrogens is 244 g/mol. The Balaban J connectivity index is 1.67. The van der Waals surface area contributed by atoms with Gasteiger partial charge in [0.25, 0.3) is 0 Å². The lowest BCUT2D eigenvalue weighted by Gasteiger charge is -2.25. The monoisotopic (exact) mass is 259 g/mol. The summed E-state index contributed by atoms with van der Waals surface area (Å²) >= 11 is 1.65. The van der Waals surface area contributed by atoms with Crippen LogP contribution < -0.4 is 4.74 Å². The SMILES string of the molecule is COc1ccc(CN2CCc3n[c]sc3C2)cc1. The number of nitrogens with zero attached hydrogens (tertiary/aromatic N) is 2. The van der Waals surface area contributed by atoms with Crippen LogP contribution in [-0.4, -0.2) is 23.5 Å². The number of aromatic nitrogens is 1. The minimum atomic E-state index is 0.914. The average molecular weight is 259 g/mol. The highest BCUT2D eigenvalue weighted by molar-refractivity contribution is 7.09. The first kappa shape index (κ1) is 11.7. The molecule has 4 heteroatoms. The van der Waals surface area contributed by atoms with Crippen molar-refractivity contribution in [3.05, 3.63) is 45.9 Å². The van der Waals surface area contributed by atoms with E-state index < -0.39 is 0 Å². The summed E-state index contributed by atoms with van der Waals surface area (Å²) in [5.74, 6) is 0.914. The zero-order chi connectivity index (χ0) is 12.4. The van der Waals surface area contributed by atoms with Gasteiger partial charge in [-0.2, -0.15) is 0 Å². The van der Waals surface area contributed by atoms with E-state index in [1.54, 1.807) is 18.4 Å². The molecule has 18 heavy (non-hydrogen) atoms. The molecule has 2 aromatic rings. The van der Waals surface area contributed by atoms with Gasteiger partial charge in [-0.1, -0.05) is 12.1 Å². The van der Waals surface area contributed by atoms with Crippen molar-refractivity contribution >= 4 is 11.3 Å². The quantitative estimate of drug-likeness (QED) is 0.847. The van der Waals surface area contributed by atoms with Gasteiger partial charge < -0.3 is 4.74 Å². The van der Waals surface area contributed by atoms with Crippen molar-refractivity contribution in [2.75, 3.05) is 13.7 Å². The van der Waals surface area contributed by atoms with Gasteiger partial charge >= 0.3 is 0 Å². The zero-order valence-corrected chi connectivity index (χ0v) is 11.2. The van der Waals surface area contributed by atoms with Crippen LogP contribution in [0.4, 0.5) is 0 Å². The number of hydrogen-bond acceptors (Lipinski definition) is 4. The van der Waals surface area contributed by atoms with Crippen molar-refractivity contribution in [2.24, 2.45) is 0 Å². The molecule has 1 aromatic heterocycles. The van der Waals surface area contributed by atoms with Gasteiger partial charge in [-0.05, 0) is 17.7 Å². The minimum Gasteiger partial charge on any atom is -0.497 e. The number of fused-ring (bicyclic) bond motifs is 1. The maximum atomic E-state index is 5.17. The number of thiazole rings is 1. The van der Waals surface area contributed by atoms with Gasteiger partial charge in [-0.3, -0.25) is 4.90 Å². The Bertz CT molecular complexity index is 521. The van der Waals surface area contributed by atoms with Crippen LogP contribution in [0, 0.1) is 5.51 Å². The third-order valence-electron chi connectivity index (χ3n) is 3.27. The van der Waals surface area contributed by atoms with E-state index in [1.165, 1.54) is 16.1 Å². The summed E-state index contributed by atoms with van der Waals surface area (Å²) in [4.78, 5) is 8.10. The van der Waals surface area contributed by atoms with Crippen LogP contribution in [0.25, 0.3) is 0 Å². The van der Waals surface area contributed by atoms with E-state index in [1.807, 2.05) is 12.1 Å². The zero-order valence-electron chi connectivity index (χ0n) is 10.3. The summed E-state index contributed by atoms with van der Waals surface area (Å²) in [5, 5.41) is 0. The molecule has 0 fully saturated rings. The number of methoxy groups -OCH3 is 1. The second-order valence-corrected chi connectivity index (χ2v) is 5.36. The second-order valence-electron chi connectivity index (χ2n) is 4.48. The number of hydrogen-bond donors (Lipinski definition) is 0. The van der Waals surface area contributed by atoms with E-state index in [0.29, 0.717) is 0 Å². The normalized spacial score (nSPS) is 15.4. The van der Waals surface area contributed by atoms with Gasteiger partial charge in [0.1, 0.15) is 5.75 Å². The fourth-order valence-corrected chi connectivity index (χ4v) is 3.02. The molecular formula is C14H15N2OS. The molecule has 0 bridgehead atoms. The lowest BCUT2D eigenvalue weighted by Crippen LogP contribution is -2.29. The van der Waals surface area contributed by atoms with Crippen LogP contribution in [-0.2, 0) is 19.5 Å². The minimum absolute atomic E-state index is 0.914. The van der Waals surface area contributed by atoms with Gasteiger partial charge in [0.15, 0.2) is 5.51 Å². The first-order valence-electron chi connectivity index (χ1n) is 6.05. The van der Waals surface area contributed by atoms with Crippen molar-refractivity contribution in [1.82, 2.24) is 9.88 Å². The smallest absolute Gasteiger partial charge is 0.152 e. The van der Waals surface area contributed by atoms with Crippen molar-refractivity contribution in [1.29, 1.82) is 0 Å². The fourth-order valence-electron chi connectivity index (χ4n) is 2.24. The number of rotatable bonds is 3. The standard InChI is InChI=1S/C14H15N2OS/c1-17-12-4-2-11(3-5-12)8-16-7-6-13-14(9-16)18-10-15-13/h2-5H,6-9H2,1H3. The maximum absolute atomic E-state index is 5.17. The molecule has 0 saturated carbocycles. The first-order valence-corrected chi connectivity index (χ1v) is 6.87. The molecule has 3 rings (SSSR count). The Labute approximate surface area is 111 Å². The highest BCUT2D eigenvalue weighted by atomic mass is 32.1. The lowest BCUT2D eigenvalue weighted by atomic mass is 10.1. The molecule has 0 unspecified atom stereocenters. The van der Waals surface area contributed by atoms with Crippen molar-refractivity contribution in [2.45, 2.75) is 19.5 Å².